The standard InChI is InChI=1S/C12H21N3O3S/c1-7(2)18-9-8(13)10(11(14)16)19-12(9)15(3)5-6-17-4/h7H,5-6,13H2,1-4H3,(H2,14,16). The molecule has 0 aliphatic heterocycles. The number of methoxy groups -OCH3 is 1. The number of nitrogen functional groups attached to an aromatic ring is 1. The molecule has 0 saturated carbocycles. The zero-order chi connectivity index (χ0) is 14.6. The molecule has 0 spiro atoms. The largest absolute Gasteiger partial charge is 0.486 e. The van der Waals surface area contributed by atoms with Crippen molar-refractivity contribution >= 4 is 27.9 Å². The summed E-state index contributed by atoms with van der Waals surface area (Å²) in [5.74, 6) is -0.0186. The Morgan fingerprint density at radius 1 is 1.47 bits per heavy atom. The molecule has 1 amide bonds. The van der Waals surface area contributed by atoms with Gasteiger partial charge in [0, 0.05) is 20.7 Å². The van der Waals surface area contributed by atoms with Crippen LogP contribution in [0.15, 0.2) is 0 Å². The number of primary amides is 1. The number of anilines is 2. The van der Waals surface area contributed by atoms with E-state index >= 15 is 0 Å². The van der Waals surface area contributed by atoms with E-state index in [1.54, 1.807) is 7.11 Å². The summed E-state index contributed by atoms with van der Waals surface area (Å²) in [6.07, 6.45) is -0.0350. The summed E-state index contributed by atoms with van der Waals surface area (Å²) in [7, 11) is 3.53. The molecule has 19 heavy (non-hydrogen) atoms. The van der Waals surface area contributed by atoms with Crippen LogP contribution in [0.4, 0.5) is 10.7 Å². The SMILES string of the molecule is COCCN(C)c1sc(C(N)=O)c(N)c1OC(C)C. The van der Waals surface area contributed by atoms with Crippen LogP contribution >= 0.6 is 11.3 Å². The van der Waals surface area contributed by atoms with E-state index in [9.17, 15) is 4.79 Å². The van der Waals surface area contributed by atoms with Gasteiger partial charge in [-0.2, -0.15) is 0 Å². The van der Waals surface area contributed by atoms with Crippen LogP contribution in [0.3, 0.4) is 0 Å². The molecule has 0 unspecified atom stereocenters. The molecular weight excluding hydrogens is 266 g/mol. The zero-order valence-electron chi connectivity index (χ0n) is 11.7. The molecule has 1 rings (SSSR count). The van der Waals surface area contributed by atoms with Gasteiger partial charge < -0.3 is 25.8 Å². The van der Waals surface area contributed by atoms with Gasteiger partial charge in [0.15, 0.2) is 5.75 Å². The Kier molecular flexibility index (Phi) is 5.44. The number of rotatable bonds is 7. The minimum Gasteiger partial charge on any atom is -0.486 e. The average Bonchev–Trinajstić information content (AvgIpc) is 2.64. The first kappa shape index (κ1) is 15.6. The molecule has 1 aromatic heterocycles. The lowest BCUT2D eigenvalue weighted by atomic mass is 10.3. The van der Waals surface area contributed by atoms with Gasteiger partial charge in [0.2, 0.25) is 0 Å². The fourth-order valence-electron chi connectivity index (χ4n) is 1.53. The minimum atomic E-state index is -0.539. The molecule has 6 nitrogen and oxygen atoms in total. The number of ether oxygens (including phenoxy) is 2. The van der Waals surface area contributed by atoms with E-state index in [1.807, 2.05) is 25.8 Å². The maximum Gasteiger partial charge on any atom is 0.261 e. The third-order valence-corrected chi connectivity index (χ3v) is 3.75. The molecule has 1 aromatic rings. The van der Waals surface area contributed by atoms with Crippen LogP contribution in [0, 0.1) is 0 Å². The van der Waals surface area contributed by atoms with Crippen LogP contribution in [0.5, 0.6) is 5.75 Å². The van der Waals surface area contributed by atoms with E-state index in [0.29, 0.717) is 29.5 Å². The maximum absolute atomic E-state index is 11.4. The first-order valence-corrected chi connectivity index (χ1v) is 6.78. The van der Waals surface area contributed by atoms with Gasteiger partial charge in [0.1, 0.15) is 15.6 Å². The molecule has 4 N–H and O–H groups in total. The van der Waals surface area contributed by atoms with Gasteiger partial charge in [-0.15, -0.1) is 11.3 Å². The lowest BCUT2D eigenvalue weighted by molar-refractivity contribution is 0.100. The van der Waals surface area contributed by atoms with Crippen molar-refractivity contribution in [1.29, 1.82) is 0 Å². The number of carbonyl (C=O) groups is 1. The molecule has 7 heteroatoms. The van der Waals surface area contributed by atoms with Crippen molar-refractivity contribution < 1.29 is 14.3 Å². The normalized spacial score (nSPS) is 10.8. The summed E-state index contributed by atoms with van der Waals surface area (Å²) in [4.78, 5) is 13.6. The van der Waals surface area contributed by atoms with Crippen LogP contribution in [-0.2, 0) is 4.74 Å². The summed E-state index contributed by atoms with van der Waals surface area (Å²) >= 11 is 1.24. The van der Waals surface area contributed by atoms with Crippen molar-refractivity contribution in [2.45, 2.75) is 20.0 Å². The molecule has 0 radical (unpaired) electrons. The number of likely N-dealkylation sites (N-methyl/N-ethyl adjacent to an activating group) is 1. The summed E-state index contributed by atoms with van der Waals surface area (Å²) in [6, 6.07) is 0. The zero-order valence-corrected chi connectivity index (χ0v) is 12.5. The highest BCUT2D eigenvalue weighted by molar-refractivity contribution is 7.19. The van der Waals surface area contributed by atoms with E-state index in [1.165, 1.54) is 11.3 Å². The number of hydrogen-bond donors (Lipinski definition) is 2. The highest BCUT2D eigenvalue weighted by Gasteiger charge is 2.23. The summed E-state index contributed by atoms with van der Waals surface area (Å²) in [5.41, 5.74) is 11.6. The Morgan fingerprint density at radius 2 is 2.11 bits per heavy atom. The molecule has 0 aliphatic rings. The van der Waals surface area contributed by atoms with E-state index in [-0.39, 0.29) is 6.10 Å². The number of thiophene rings is 1. The van der Waals surface area contributed by atoms with Gasteiger partial charge in [-0.1, -0.05) is 0 Å². The van der Waals surface area contributed by atoms with Crippen molar-refractivity contribution in [3.8, 4) is 5.75 Å². The van der Waals surface area contributed by atoms with Crippen molar-refractivity contribution in [2.24, 2.45) is 5.73 Å². The lowest BCUT2D eigenvalue weighted by Crippen LogP contribution is -2.22. The first-order valence-electron chi connectivity index (χ1n) is 5.97. The van der Waals surface area contributed by atoms with Gasteiger partial charge in [-0.25, -0.2) is 0 Å². The van der Waals surface area contributed by atoms with Crippen LogP contribution < -0.4 is 21.1 Å². The molecule has 0 saturated heterocycles. The number of nitrogens with two attached hydrogens (primary N) is 2. The topological polar surface area (TPSA) is 90.8 Å². The second-order valence-corrected chi connectivity index (χ2v) is 5.42. The van der Waals surface area contributed by atoms with Crippen molar-refractivity contribution in [3.05, 3.63) is 4.88 Å². The third kappa shape index (κ3) is 3.74. The molecule has 0 atom stereocenters. The van der Waals surface area contributed by atoms with Crippen LogP contribution in [0.1, 0.15) is 23.5 Å². The second-order valence-electron chi connectivity index (χ2n) is 4.42. The number of hydrogen-bond acceptors (Lipinski definition) is 6. The van der Waals surface area contributed by atoms with Crippen LogP contribution in [0.2, 0.25) is 0 Å². The Morgan fingerprint density at radius 3 is 2.58 bits per heavy atom. The van der Waals surface area contributed by atoms with Crippen molar-refractivity contribution in [3.63, 3.8) is 0 Å². The predicted octanol–water partition coefficient (Wildman–Crippen LogP) is 1.30. The Balaban J connectivity index is 3.12. The smallest absolute Gasteiger partial charge is 0.261 e. The van der Waals surface area contributed by atoms with E-state index in [2.05, 4.69) is 0 Å². The Bertz CT molecular complexity index is 446. The number of amides is 1. The molecule has 108 valence electrons. The lowest BCUT2D eigenvalue weighted by Gasteiger charge is -2.20. The van der Waals surface area contributed by atoms with E-state index in [4.69, 9.17) is 20.9 Å². The summed E-state index contributed by atoms with van der Waals surface area (Å²) in [5, 5.41) is 0.789. The predicted molar refractivity (Wildman–Crippen MR) is 78.2 cm³/mol. The van der Waals surface area contributed by atoms with Crippen LogP contribution in [0.25, 0.3) is 0 Å². The van der Waals surface area contributed by atoms with Gasteiger partial charge in [0.25, 0.3) is 5.91 Å². The Hall–Kier alpha value is -1.47. The number of carbonyl (C=O) groups excluding carboxylic acids is 1. The molecular formula is C12H21N3O3S. The number of nitrogens with zero attached hydrogens (tertiary/aromatic N) is 1. The summed E-state index contributed by atoms with van der Waals surface area (Å²) in [6.45, 7) is 5.05. The average molecular weight is 287 g/mol. The highest BCUT2D eigenvalue weighted by Crippen LogP contribution is 2.44. The Labute approximate surface area is 117 Å². The van der Waals surface area contributed by atoms with Crippen molar-refractivity contribution in [2.75, 3.05) is 37.9 Å². The van der Waals surface area contributed by atoms with Gasteiger partial charge in [-0.05, 0) is 13.8 Å². The van der Waals surface area contributed by atoms with E-state index < -0.39 is 5.91 Å². The monoisotopic (exact) mass is 287 g/mol. The fraction of sp³-hybridized carbons (Fsp3) is 0.583. The van der Waals surface area contributed by atoms with Crippen molar-refractivity contribution in [1.82, 2.24) is 0 Å². The second kappa shape index (κ2) is 6.63. The minimum absolute atomic E-state index is 0.0350. The quantitative estimate of drug-likeness (QED) is 0.788. The van der Waals surface area contributed by atoms with Crippen LogP contribution in [-0.4, -0.2) is 39.3 Å². The van der Waals surface area contributed by atoms with Gasteiger partial charge in [0.05, 0.1) is 12.7 Å². The molecule has 0 bridgehead atoms. The molecule has 0 aliphatic carbocycles. The van der Waals surface area contributed by atoms with Gasteiger partial charge >= 0.3 is 0 Å². The third-order valence-electron chi connectivity index (χ3n) is 2.44. The first-order chi connectivity index (χ1) is 8.88. The fourth-order valence-corrected chi connectivity index (χ4v) is 2.52. The molecule has 0 aromatic carbocycles. The maximum atomic E-state index is 11.4. The van der Waals surface area contributed by atoms with E-state index in [0.717, 1.165) is 5.00 Å². The molecule has 1 heterocycles. The van der Waals surface area contributed by atoms with Gasteiger partial charge in [-0.3, -0.25) is 4.79 Å². The summed E-state index contributed by atoms with van der Waals surface area (Å²) < 4.78 is 10.7. The molecule has 0 fully saturated rings. The highest BCUT2D eigenvalue weighted by atomic mass is 32.1.